The number of ether oxygens (including phenoxy) is 1. The van der Waals surface area contributed by atoms with Crippen molar-refractivity contribution in [2.24, 2.45) is 5.41 Å². The molecule has 0 saturated heterocycles. The van der Waals surface area contributed by atoms with Gasteiger partial charge in [-0.25, -0.2) is 0 Å². The van der Waals surface area contributed by atoms with Crippen LogP contribution in [0.25, 0.3) is 0 Å². The number of carbonyl (C=O) groups is 2. The van der Waals surface area contributed by atoms with Gasteiger partial charge in [0.25, 0.3) is 5.91 Å². The van der Waals surface area contributed by atoms with E-state index in [1.165, 1.54) is 19.2 Å². The third kappa shape index (κ3) is 3.09. The molecule has 1 aromatic rings. The number of aliphatic carboxylic acids is 1. The van der Waals surface area contributed by atoms with Crippen LogP contribution in [0.15, 0.2) is 18.2 Å². The Hall–Kier alpha value is -2.24. The van der Waals surface area contributed by atoms with Crippen LogP contribution in [0, 0.1) is 5.41 Å². The molecule has 0 unspecified atom stereocenters. The molecule has 1 aliphatic rings. The number of aromatic hydroxyl groups is 1. The molecular weight excluding hydrogens is 274 g/mol. The second-order valence-corrected chi connectivity index (χ2v) is 5.36. The van der Waals surface area contributed by atoms with Crippen LogP contribution in [0.3, 0.4) is 0 Å². The fourth-order valence-corrected chi connectivity index (χ4v) is 2.69. The van der Waals surface area contributed by atoms with Gasteiger partial charge in [0, 0.05) is 6.54 Å². The van der Waals surface area contributed by atoms with Crippen LogP contribution in [0.1, 0.15) is 36.0 Å². The van der Waals surface area contributed by atoms with Crippen molar-refractivity contribution < 1.29 is 24.5 Å². The Morgan fingerprint density at radius 3 is 2.57 bits per heavy atom. The average Bonchev–Trinajstić information content (AvgIpc) is 2.95. The standard InChI is InChI=1S/C15H19NO5/c1-21-10-4-5-12(17)11(8-10)13(18)16-9-15(14(19)20)6-2-3-7-15/h4-5,8,17H,2-3,6-7,9H2,1H3,(H,16,18)(H,19,20). The molecule has 6 nitrogen and oxygen atoms in total. The van der Waals surface area contributed by atoms with E-state index in [0.717, 1.165) is 12.8 Å². The van der Waals surface area contributed by atoms with Gasteiger partial charge in [0.05, 0.1) is 18.1 Å². The van der Waals surface area contributed by atoms with Crippen molar-refractivity contribution in [3.05, 3.63) is 23.8 Å². The van der Waals surface area contributed by atoms with E-state index in [1.54, 1.807) is 6.07 Å². The molecule has 1 saturated carbocycles. The number of carboxylic acids is 1. The molecule has 1 aromatic carbocycles. The Morgan fingerprint density at radius 1 is 1.33 bits per heavy atom. The van der Waals surface area contributed by atoms with Crippen molar-refractivity contribution in [1.82, 2.24) is 5.32 Å². The molecule has 0 bridgehead atoms. The second kappa shape index (κ2) is 6.03. The Balaban J connectivity index is 2.09. The molecule has 0 aromatic heterocycles. The fraction of sp³-hybridized carbons (Fsp3) is 0.467. The van der Waals surface area contributed by atoms with Gasteiger partial charge in [0.2, 0.25) is 0 Å². The van der Waals surface area contributed by atoms with Gasteiger partial charge in [-0.1, -0.05) is 12.8 Å². The molecule has 2 rings (SSSR count). The molecule has 1 amide bonds. The van der Waals surface area contributed by atoms with Crippen LogP contribution in [-0.4, -0.2) is 35.7 Å². The Bertz CT molecular complexity index is 549. The first-order valence-electron chi connectivity index (χ1n) is 6.87. The van der Waals surface area contributed by atoms with Crippen LogP contribution >= 0.6 is 0 Å². The summed E-state index contributed by atoms with van der Waals surface area (Å²) in [7, 11) is 1.46. The van der Waals surface area contributed by atoms with Gasteiger partial charge in [0.15, 0.2) is 0 Å². The van der Waals surface area contributed by atoms with E-state index in [1.807, 2.05) is 0 Å². The van der Waals surface area contributed by atoms with Crippen LogP contribution in [0.4, 0.5) is 0 Å². The third-order valence-electron chi connectivity index (χ3n) is 4.05. The minimum atomic E-state index is -0.885. The lowest BCUT2D eigenvalue weighted by molar-refractivity contribution is -0.148. The SMILES string of the molecule is COc1ccc(O)c(C(=O)NCC2(C(=O)O)CCCC2)c1. The van der Waals surface area contributed by atoms with Crippen molar-refractivity contribution in [2.45, 2.75) is 25.7 Å². The first-order valence-corrected chi connectivity index (χ1v) is 6.87. The number of methoxy groups -OCH3 is 1. The number of phenolic OH excluding ortho intramolecular Hbond substituents is 1. The summed E-state index contributed by atoms with van der Waals surface area (Å²) in [6.45, 7) is 0.0673. The fourth-order valence-electron chi connectivity index (χ4n) is 2.69. The largest absolute Gasteiger partial charge is 0.507 e. The Morgan fingerprint density at radius 2 is 2.00 bits per heavy atom. The number of carbonyl (C=O) groups excluding carboxylic acids is 1. The smallest absolute Gasteiger partial charge is 0.311 e. The number of rotatable bonds is 5. The number of amides is 1. The van der Waals surface area contributed by atoms with Crippen molar-refractivity contribution in [3.63, 3.8) is 0 Å². The van der Waals surface area contributed by atoms with E-state index >= 15 is 0 Å². The zero-order valence-electron chi connectivity index (χ0n) is 11.9. The zero-order valence-corrected chi connectivity index (χ0v) is 11.9. The van der Waals surface area contributed by atoms with Gasteiger partial charge in [-0.05, 0) is 31.0 Å². The molecule has 0 radical (unpaired) electrons. The van der Waals surface area contributed by atoms with E-state index in [-0.39, 0.29) is 17.9 Å². The normalized spacial score (nSPS) is 16.4. The van der Waals surface area contributed by atoms with Crippen molar-refractivity contribution in [3.8, 4) is 11.5 Å². The zero-order chi connectivity index (χ0) is 15.5. The summed E-state index contributed by atoms with van der Waals surface area (Å²) >= 11 is 0. The first kappa shape index (κ1) is 15.2. The maximum absolute atomic E-state index is 12.1. The average molecular weight is 293 g/mol. The third-order valence-corrected chi connectivity index (χ3v) is 4.05. The monoisotopic (exact) mass is 293 g/mol. The van der Waals surface area contributed by atoms with Gasteiger partial charge in [0.1, 0.15) is 11.5 Å². The second-order valence-electron chi connectivity index (χ2n) is 5.36. The van der Waals surface area contributed by atoms with E-state index in [0.29, 0.717) is 18.6 Å². The van der Waals surface area contributed by atoms with E-state index in [4.69, 9.17) is 4.74 Å². The lowest BCUT2D eigenvalue weighted by atomic mass is 9.86. The number of nitrogens with one attached hydrogen (secondary N) is 1. The summed E-state index contributed by atoms with van der Waals surface area (Å²) in [5.41, 5.74) is -0.808. The summed E-state index contributed by atoms with van der Waals surface area (Å²) < 4.78 is 5.01. The van der Waals surface area contributed by atoms with Crippen molar-refractivity contribution >= 4 is 11.9 Å². The van der Waals surface area contributed by atoms with Crippen LogP contribution in [0.5, 0.6) is 11.5 Å². The summed E-state index contributed by atoms with van der Waals surface area (Å²) in [5.74, 6) is -1.09. The van der Waals surface area contributed by atoms with E-state index in [2.05, 4.69) is 5.32 Å². The number of carboxylic acid groups (broad SMARTS) is 1. The van der Waals surface area contributed by atoms with Crippen LogP contribution < -0.4 is 10.1 Å². The molecule has 0 aliphatic heterocycles. The van der Waals surface area contributed by atoms with Gasteiger partial charge >= 0.3 is 5.97 Å². The minimum Gasteiger partial charge on any atom is -0.507 e. The number of benzene rings is 1. The quantitative estimate of drug-likeness (QED) is 0.769. The van der Waals surface area contributed by atoms with Crippen LogP contribution in [0.2, 0.25) is 0 Å². The van der Waals surface area contributed by atoms with Gasteiger partial charge in [-0.2, -0.15) is 0 Å². The number of phenols is 1. The highest BCUT2D eigenvalue weighted by Crippen LogP contribution is 2.37. The van der Waals surface area contributed by atoms with Crippen molar-refractivity contribution in [1.29, 1.82) is 0 Å². The molecule has 6 heteroatoms. The highest BCUT2D eigenvalue weighted by Gasteiger charge is 2.41. The minimum absolute atomic E-state index is 0.0673. The molecule has 114 valence electrons. The predicted octanol–water partition coefficient (Wildman–Crippen LogP) is 1.78. The molecular formula is C15H19NO5. The topological polar surface area (TPSA) is 95.9 Å². The number of hydrogen-bond acceptors (Lipinski definition) is 4. The first-order chi connectivity index (χ1) is 9.98. The van der Waals surface area contributed by atoms with Crippen LogP contribution in [-0.2, 0) is 4.79 Å². The summed E-state index contributed by atoms with van der Waals surface area (Å²) in [4.78, 5) is 23.6. The maximum atomic E-state index is 12.1. The molecule has 1 fully saturated rings. The van der Waals surface area contributed by atoms with Crippen molar-refractivity contribution in [2.75, 3.05) is 13.7 Å². The summed E-state index contributed by atoms with van der Waals surface area (Å²) in [5, 5.41) is 21.7. The maximum Gasteiger partial charge on any atom is 0.311 e. The highest BCUT2D eigenvalue weighted by molar-refractivity contribution is 5.97. The molecule has 0 atom stereocenters. The molecule has 0 spiro atoms. The summed E-state index contributed by atoms with van der Waals surface area (Å²) in [6.07, 6.45) is 2.83. The Labute approximate surface area is 122 Å². The molecule has 3 N–H and O–H groups in total. The highest BCUT2D eigenvalue weighted by atomic mass is 16.5. The molecule has 21 heavy (non-hydrogen) atoms. The van der Waals surface area contributed by atoms with Gasteiger partial charge in [-0.3, -0.25) is 9.59 Å². The van der Waals surface area contributed by atoms with Gasteiger partial charge < -0.3 is 20.3 Å². The lowest BCUT2D eigenvalue weighted by Crippen LogP contribution is -2.41. The van der Waals surface area contributed by atoms with E-state index in [9.17, 15) is 19.8 Å². The van der Waals surface area contributed by atoms with Gasteiger partial charge in [-0.15, -0.1) is 0 Å². The Kier molecular flexibility index (Phi) is 4.35. The predicted molar refractivity (Wildman–Crippen MR) is 75.5 cm³/mol. The lowest BCUT2D eigenvalue weighted by Gasteiger charge is -2.24. The summed E-state index contributed by atoms with van der Waals surface area (Å²) in [6, 6.07) is 4.34. The van der Waals surface area contributed by atoms with E-state index < -0.39 is 17.3 Å². The molecule has 1 aliphatic carbocycles. The number of hydrogen-bond donors (Lipinski definition) is 3. The molecule has 0 heterocycles.